The smallest absolute Gasteiger partial charge is 0.361 e. The molecule has 0 saturated carbocycles. The van der Waals surface area contributed by atoms with Crippen LogP contribution < -0.4 is 0 Å². The molecule has 0 spiro atoms. The van der Waals surface area contributed by atoms with E-state index in [0.717, 1.165) is 41.3 Å². The van der Waals surface area contributed by atoms with Crippen molar-refractivity contribution in [2.75, 3.05) is 13.1 Å². The van der Waals surface area contributed by atoms with Crippen molar-refractivity contribution in [1.82, 2.24) is 25.1 Å². The number of hydrogen-bond donors (Lipinski definition) is 1. The number of rotatable bonds is 3. The second-order valence-corrected chi connectivity index (χ2v) is 8.72. The van der Waals surface area contributed by atoms with Crippen LogP contribution in [0.3, 0.4) is 0 Å². The van der Waals surface area contributed by atoms with Crippen molar-refractivity contribution in [2.45, 2.75) is 24.9 Å². The number of alkyl halides is 3. The van der Waals surface area contributed by atoms with Gasteiger partial charge in [0.25, 0.3) is 5.91 Å². The molecule has 3 aromatic heterocycles. The van der Waals surface area contributed by atoms with E-state index in [2.05, 4.69) is 20.2 Å². The lowest BCUT2D eigenvalue weighted by molar-refractivity contribution is -0.140. The molecule has 10 heteroatoms. The van der Waals surface area contributed by atoms with E-state index in [1.165, 1.54) is 12.1 Å². The molecule has 1 aromatic carbocycles. The number of hydrogen-bond acceptors (Lipinski definition) is 5. The first-order chi connectivity index (χ1) is 15.4. The lowest BCUT2D eigenvalue weighted by Crippen LogP contribution is -2.39. The average molecular weight is 457 g/mol. The predicted octanol–water partition coefficient (Wildman–Crippen LogP) is 5.12. The monoisotopic (exact) mass is 457 g/mol. The predicted molar refractivity (Wildman–Crippen MR) is 114 cm³/mol. The quantitative estimate of drug-likeness (QED) is 0.463. The molecule has 32 heavy (non-hydrogen) atoms. The summed E-state index contributed by atoms with van der Waals surface area (Å²) in [5, 5.41) is 10.0. The maximum absolute atomic E-state index is 13.3. The molecule has 5 rings (SSSR count). The summed E-state index contributed by atoms with van der Waals surface area (Å²) >= 11 is 1.13. The van der Waals surface area contributed by atoms with Gasteiger partial charge in [0.15, 0.2) is 5.69 Å². The first-order valence-corrected chi connectivity index (χ1v) is 10.9. The molecule has 1 fully saturated rings. The molecule has 0 radical (unpaired) electrons. The van der Waals surface area contributed by atoms with Crippen molar-refractivity contribution in [3.63, 3.8) is 0 Å². The van der Waals surface area contributed by atoms with Gasteiger partial charge in [-0.2, -0.15) is 13.2 Å². The number of nitrogens with zero attached hydrogens (tertiary/aromatic N) is 4. The van der Waals surface area contributed by atoms with Gasteiger partial charge in [0.2, 0.25) is 0 Å². The molecule has 164 valence electrons. The Labute approximate surface area is 185 Å². The Hall–Kier alpha value is -3.27. The fourth-order valence-corrected chi connectivity index (χ4v) is 5.03. The Kier molecular flexibility index (Phi) is 5.16. The van der Waals surface area contributed by atoms with E-state index < -0.39 is 11.9 Å². The summed E-state index contributed by atoms with van der Waals surface area (Å²) in [4.78, 5) is 21.5. The molecular weight excluding hydrogens is 439 g/mol. The van der Waals surface area contributed by atoms with Crippen LogP contribution in [0.1, 0.15) is 39.8 Å². The summed E-state index contributed by atoms with van der Waals surface area (Å²) in [6.45, 7) is 1.08. The van der Waals surface area contributed by atoms with E-state index >= 15 is 0 Å². The first kappa shape index (κ1) is 20.6. The van der Waals surface area contributed by atoms with E-state index in [1.807, 2.05) is 30.5 Å². The van der Waals surface area contributed by atoms with E-state index in [-0.39, 0.29) is 22.4 Å². The van der Waals surface area contributed by atoms with E-state index in [0.29, 0.717) is 23.7 Å². The maximum Gasteiger partial charge on any atom is 0.434 e. The van der Waals surface area contributed by atoms with Gasteiger partial charge < -0.3 is 9.88 Å². The Bertz CT molecular complexity index is 1280. The maximum atomic E-state index is 13.3. The van der Waals surface area contributed by atoms with Gasteiger partial charge in [-0.25, -0.2) is 0 Å². The van der Waals surface area contributed by atoms with Crippen LogP contribution in [-0.2, 0) is 6.18 Å². The minimum atomic E-state index is -4.57. The Balaban J connectivity index is 1.37. The number of nitrogens with one attached hydrogen (secondary N) is 1. The highest BCUT2D eigenvalue weighted by molar-refractivity contribution is 7.14. The molecule has 1 unspecified atom stereocenters. The molecule has 1 atom stereocenters. The standard InChI is InChI=1S/C22H18F3N5OS/c23-22(24,25)18-16(4-1-8-27-18)20-29-28-19(32-20)15-3-2-10-30(12-15)21(31)14-6-5-13-7-9-26-17(13)11-14/h1,4-9,11,15,26H,2-3,10,12H2. The molecule has 0 bridgehead atoms. The molecular formula is C22H18F3N5OS. The molecule has 1 aliphatic heterocycles. The number of carbonyl (C=O) groups is 1. The minimum Gasteiger partial charge on any atom is -0.361 e. The van der Waals surface area contributed by atoms with E-state index in [4.69, 9.17) is 0 Å². The second-order valence-electron chi connectivity index (χ2n) is 7.71. The summed E-state index contributed by atoms with van der Waals surface area (Å²) in [6, 6.07) is 10.3. The van der Waals surface area contributed by atoms with Gasteiger partial charge in [0.1, 0.15) is 10.0 Å². The van der Waals surface area contributed by atoms with Gasteiger partial charge in [0.05, 0.1) is 0 Å². The molecule has 1 aliphatic rings. The molecule has 0 aliphatic carbocycles. The highest BCUT2D eigenvalue weighted by Crippen LogP contribution is 2.38. The van der Waals surface area contributed by atoms with Gasteiger partial charge >= 0.3 is 6.18 Å². The van der Waals surface area contributed by atoms with Crippen molar-refractivity contribution in [3.8, 4) is 10.6 Å². The minimum absolute atomic E-state index is 0.0671. The first-order valence-electron chi connectivity index (χ1n) is 10.1. The molecule has 4 aromatic rings. The number of likely N-dealkylation sites (tertiary alicyclic amines) is 1. The van der Waals surface area contributed by atoms with Crippen molar-refractivity contribution in [1.29, 1.82) is 0 Å². The lowest BCUT2D eigenvalue weighted by atomic mass is 9.98. The van der Waals surface area contributed by atoms with Crippen LogP contribution in [0.25, 0.3) is 21.5 Å². The van der Waals surface area contributed by atoms with Crippen LogP contribution in [0.15, 0.2) is 48.8 Å². The summed E-state index contributed by atoms with van der Waals surface area (Å²) < 4.78 is 40.0. The number of halogens is 3. The molecule has 1 amide bonds. The van der Waals surface area contributed by atoms with Crippen LogP contribution in [0, 0.1) is 0 Å². The Morgan fingerprint density at radius 1 is 1.19 bits per heavy atom. The summed E-state index contributed by atoms with van der Waals surface area (Å²) in [5.74, 6) is -0.137. The normalized spacial score (nSPS) is 17.1. The van der Waals surface area contributed by atoms with Crippen LogP contribution in [0.2, 0.25) is 0 Å². The van der Waals surface area contributed by atoms with Gasteiger partial charge in [-0.15, -0.1) is 10.2 Å². The number of amides is 1. The number of carbonyl (C=O) groups excluding carboxylic acids is 1. The third kappa shape index (κ3) is 3.86. The number of fused-ring (bicyclic) bond motifs is 1. The summed E-state index contributed by atoms with van der Waals surface area (Å²) in [5.41, 5.74) is 0.452. The SMILES string of the molecule is O=C(c1ccc2cc[nH]c2c1)N1CCCC(c2nnc(-c3cccnc3C(F)(F)F)s2)C1. The number of aromatic amines is 1. The lowest BCUT2D eigenvalue weighted by Gasteiger charge is -2.31. The van der Waals surface area contributed by atoms with Crippen LogP contribution in [-0.4, -0.2) is 44.1 Å². The van der Waals surface area contributed by atoms with Crippen LogP contribution in [0.5, 0.6) is 0 Å². The molecule has 6 nitrogen and oxygen atoms in total. The highest BCUT2D eigenvalue weighted by Gasteiger charge is 2.36. The largest absolute Gasteiger partial charge is 0.434 e. The Morgan fingerprint density at radius 3 is 2.91 bits per heavy atom. The van der Waals surface area contributed by atoms with Crippen molar-refractivity contribution in [2.24, 2.45) is 0 Å². The molecule has 4 heterocycles. The third-order valence-corrected chi connectivity index (χ3v) is 6.73. The van der Waals surface area contributed by atoms with Gasteiger partial charge in [0, 0.05) is 48.0 Å². The average Bonchev–Trinajstić information content (AvgIpc) is 3.47. The summed E-state index contributed by atoms with van der Waals surface area (Å²) in [6.07, 6.45) is -0.0421. The number of piperidine rings is 1. The number of pyridine rings is 1. The van der Waals surface area contributed by atoms with Crippen molar-refractivity contribution >= 4 is 28.1 Å². The fraction of sp³-hybridized carbons (Fsp3) is 0.273. The third-order valence-electron chi connectivity index (χ3n) is 5.61. The second kappa shape index (κ2) is 8.01. The highest BCUT2D eigenvalue weighted by atomic mass is 32.1. The zero-order valence-corrected chi connectivity index (χ0v) is 17.6. The van der Waals surface area contributed by atoms with E-state index in [1.54, 1.807) is 4.90 Å². The Morgan fingerprint density at radius 2 is 2.06 bits per heavy atom. The van der Waals surface area contributed by atoms with Crippen LogP contribution in [0.4, 0.5) is 13.2 Å². The van der Waals surface area contributed by atoms with Gasteiger partial charge in [-0.05, 0) is 48.6 Å². The van der Waals surface area contributed by atoms with Gasteiger partial charge in [-0.3, -0.25) is 9.78 Å². The van der Waals surface area contributed by atoms with E-state index in [9.17, 15) is 18.0 Å². The molecule has 1 saturated heterocycles. The van der Waals surface area contributed by atoms with Crippen LogP contribution >= 0.6 is 11.3 Å². The van der Waals surface area contributed by atoms with Crippen molar-refractivity contribution < 1.29 is 18.0 Å². The number of benzene rings is 1. The zero-order chi connectivity index (χ0) is 22.3. The number of aromatic nitrogens is 4. The molecule has 1 N–H and O–H groups in total. The summed E-state index contributed by atoms with van der Waals surface area (Å²) in [7, 11) is 0. The topological polar surface area (TPSA) is 74.8 Å². The van der Waals surface area contributed by atoms with Gasteiger partial charge in [-0.1, -0.05) is 17.4 Å². The van der Waals surface area contributed by atoms with Crippen molar-refractivity contribution in [3.05, 3.63) is 65.1 Å². The zero-order valence-electron chi connectivity index (χ0n) is 16.8. The number of H-pyrrole nitrogens is 1. The fourth-order valence-electron chi connectivity index (χ4n) is 4.04.